The average molecular weight is 378 g/mol. The molecule has 0 bridgehead atoms. The smallest absolute Gasteiger partial charge is 0.253 e. The minimum Gasteiger partial charge on any atom is -0.381 e. The van der Waals surface area contributed by atoms with E-state index in [1.54, 1.807) is 0 Å². The van der Waals surface area contributed by atoms with Gasteiger partial charge in [-0.3, -0.25) is 9.59 Å². The highest BCUT2D eigenvalue weighted by Gasteiger charge is 2.51. The molecule has 2 saturated heterocycles. The molecule has 0 aromatic heterocycles. The van der Waals surface area contributed by atoms with Gasteiger partial charge < -0.3 is 15.0 Å². The normalized spacial score (nSPS) is 20.9. The number of carbonyl (C=O) groups excluding carboxylic acids is 2. The molecule has 0 saturated carbocycles. The van der Waals surface area contributed by atoms with E-state index in [9.17, 15) is 9.59 Å². The molecule has 4 rings (SSSR count). The lowest BCUT2D eigenvalue weighted by Gasteiger charge is -2.37. The third-order valence-electron chi connectivity index (χ3n) is 6.08. The summed E-state index contributed by atoms with van der Waals surface area (Å²) in [7, 11) is 0. The largest absolute Gasteiger partial charge is 0.381 e. The van der Waals surface area contributed by atoms with E-state index in [-0.39, 0.29) is 23.1 Å². The van der Waals surface area contributed by atoms with Crippen LogP contribution in [0.3, 0.4) is 0 Å². The number of ether oxygens (including phenoxy) is 1. The summed E-state index contributed by atoms with van der Waals surface area (Å²) in [5, 5.41) is 3.04. The van der Waals surface area contributed by atoms with E-state index in [4.69, 9.17) is 4.74 Å². The molecule has 28 heavy (non-hydrogen) atoms. The first kappa shape index (κ1) is 18.7. The van der Waals surface area contributed by atoms with Crippen LogP contribution < -0.4 is 5.32 Å². The lowest BCUT2D eigenvalue weighted by molar-refractivity contribution is -0.124. The van der Waals surface area contributed by atoms with E-state index in [1.807, 2.05) is 66.4 Å². The van der Waals surface area contributed by atoms with E-state index in [2.05, 4.69) is 5.32 Å². The number of aryl methyl sites for hydroxylation is 1. The fourth-order valence-corrected chi connectivity index (χ4v) is 4.40. The molecule has 2 aliphatic heterocycles. The number of benzene rings is 2. The van der Waals surface area contributed by atoms with E-state index in [1.165, 1.54) is 0 Å². The van der Waals surface area contributed by atoms with Crippen LogP contribution in [0, 0.1) is 18.3 Å². The Kier molecular flexibility index (Phi) is 5.18. The Bertz CT molecular complexity index is 842. The highest BCUT2D eigenvalue weighted by Crippen LogP contribution is 2.45. The molecule has 5 nitrogen and oxygen atoms in total. The standard InChI is InChI=1S/C23H26N2O3/c1-17-7-9-18(10-8-17)22(27)25-15-20(23(16-25)11-13-28-14-12-23)21(26)24-19-5-3-2-4-6-19/h2-10,20H,11-16H2,1H3,(H,24,26)/t20-/m0/s1. The molecule has 2 aliphatic rings. The number of hydrogen-bond donors (Lipinski definition) is 1. The van der Waals surface area contributed by atoms with Gasteiger partial charge in [0.2, 0.25) is 5.91 Å². The summed E-state index contributed by atoms with van der Waals surface area (Å²) >= 11 is 0. The zero-order chi connectivity index (χ0) is 19.6. The molecular weight excluding hydrogens is 352 g/mol. The number of nitrogens with zero attached hydrogens (tertiary/aromatic N) is 1. The van der Waals surface area contributed by atoms with Crippen LogP contribution in [0.1, 0.15) is 28.8 Å². The molecule has 1 atom stereocenters. The van der Waals surface area contributed by atoms with Crippen molar-refractivity contribution in [1.29, 1.82) is 0 Å². The van der Waals surface area contributed by atoms with Crippen molar-refractivity contribution in [1.82, 2.24) is 4.90 Å². The Hall–Kier alpha value is -2.66. The minimum absolute atomic E-state index is 0.000813. The number of nitrogens with one attached hydrogen (secondary N) is 1. The molecule has 0 unspecified atom stereocenters. The molecule has 5 heteroatoms. The third kappa shape index (κ3) is 3.67. The van der Waals surface area contributed by atoms with Crippen LogP contribution in [0.5, 0.6) is 0 Å². The van der Waals surface area contributed by atoms with Gasteiger partial charge in [0.1, 0.15) is 0 Å². The molecule has 1 N–H and O–H groups in total. The summed E-state index contributed by atoms with van der Waals surface area (Å²) < 4.78 is 5.56. The number of likely N-dealkylation sites (tertiary alicyclic amines) is 1. The molecular formula is C23H26N2O3. The predicted octanol–water partition coefficient (Wildman–Crippen LogP) is 3.50. The Morgan fingerprint density at radius 3 is 2.39 bits per heavy atom. The summed E-state index contributed by atoms with van der Waals surface area (Å²) in [4.78, 5) is 28.1. The second-order valence-electron chi connectivity index (χ2n) is 7.93. The fourth-order valence-electron chi connectivity index (χ4n) is 4.40. The number of carbonyl (C=O) groups is 2. The van der Waals surface area contributed by atoms with Crippen LogP contribution >= 0.6 is 0 Å². The van der Waals surface area contributed by atoms with Crippen LogP contribution in [0.25, 0.3) is 0 Å². The van der Waals surface area contributed by atoms with Gasteiger partial charge in [-0.25, -0.2) is 0 Å². The van der Waals surface area contributed by atoms with Crippen molar-refractivity contribution in [2.24, 2.45) is 11.3 Å². The number of anilines is 1. The molecule has 2 aromatic carbocycles. The number of rotatable bonds is 3. The molecule has 2 fully saturated rings. The van der Waals surface area contributed by atoms with Gasteiger partial charge in [-0.05, 0) is 44.0 Å². The maximum absolute atomic E-state index is 13.1. The highest BCUT2D eigenvalue weighted by atomic mass is 16.5. The first-order valence-electron chi connectivity index (χ1n) is 9.87. The van der Waals surface area contributed by atoms with Crippen molar-refractivity contribution >= 4 is 17.5 Å². The van der Waals surface area contributed by atoms with Crippen LogP contribution in [0.15, 0.2) is 54.6 Å². The van der Waals surface area contributed by atoms with E-state index >= 15 is 0 Å². The maximum atomic E-state index is 13.1. The van der Waals surface area contributed by atoms with Gasteiger partial charge in [-0.1, -0.05) is 35.9 Å². The summed E-state index contributed by atoms with van der Waals surface area (Å²) in [5.41, 5.74) is 2.38. The average Bonchev–Trinajstić information content (AvgIpc) is 3.08. The lowest BCUT2D eigenvalue weighted by Crippen LogP contribution is -2.42. The Morgan fingerprint density at radius 2 is 1.71 bits per heavy atom. The monoisotopic (exact) mass is 378 g/mol. The van der Waals surface area contributed by atoms with Crippen molar-refractivity contribution in [2.75, 3.05) is 31.6 Å². The van der Waals surface area contributed by atoms with Gasteiger partial charge in [0.05, 0.1) is 5.92 Å². The van der Waals surface area contributed by atoms with Crippen molar-refractivity contribution in [3.05, 3.63) is 65.7 Å². The fraction of sp³-hybridized carbons (Fsp3) is 0.391. The Morgan fingerprint density at radius 1 is 1.04 bits per heavy atom. The Labute approximate surface area is 165 Å². The summed E-state index contributed by atoms with van der Waals surface area (Å²) in [5.74, 6) is -0.237. The molecule has 0 radical (unpaired) electrons. The van der Waals surface area contributed by atoms with Crippen LogP contribution in [0.2, 0.25) is 0 Å². The molecule has 0 aliphatic carbocycles. The first-order chi connectivity index (χ1) is 13.6. The van der Waals surface area contributed by atoms with Gasteiger partial charge in [0.25, 0.3) is 5.91 Å². The number of hydrogen-bond acceptors (Lipinski definition) is 3. The van der Waals surface area contributed by atoms with Crippen molar-refractivity contribution in [3.63, 3.8) is 0 Å². The lowest BCUT2D eigenvalue weighted by atomic mass is 9.71. The highest BCUT2D eigenvalue weighted by molar-refractivity contribution is 5.97. The van der Waals surface area contributed by atoms with Gasteiger partial charge in [0.15, 0.2) is 0 Å². The Balaban J connectivity index is 1.56. The van der Waals surface area contributed by atoms with Gasteiger partial charge in [-0.2, -0.15) is 0 Å². The van der Waals surface area contributed by atoms with E-state index in [0.717, 1.165) is 24.1 Å². The van der Waals surface area contributed by atoms with Gasteiger partial charge in [-0.15, -0.1) is 0 Å². The SMILES string of the molecule is Cc1ccc(C(=O)N2C[C@@H](C(=O)Nc3ccccc3)C3(CCOCC3)C2)cc1. The van der Waals surface area contributed by atoms with Crippen LogP contribution in [-0.4, -0.2) is 43.0 Å². The second kappa shape index (κ2) is 7.76. The van der Waals surface area contributed by atoms with Crippen molar-refractivity contribution in [3.8, 4) is 0 Å². The van der Waals surface area contributed by atoms with Gasteiger partial charge >= 0.3 is 0 Å². The zero-order valence-electron chi connectivity index (χ0n) is 16.2. The predicted molar refractivity (Wildman–Crippen MR) is 108 cm³/mol. The molecule has 146 valence electrons. The summed E-state index contributed by atoms with van der Waals surface area (Å²) in [6.45, 7) is 4.34. The first-order valence-corrected chi connectivity index (χ1v) is 9.87. The summed E-state index contributed by atoms with van der Waals surface area (Å²) in [6, 6.07) is 17.1. The third-order valence-corrected chi connectivity index (χ3v) is 6.08. The molecule has 2 aromatic rings. The van der Waals surface area contributed by atoms with Crippen LogP contribution in [-0.2, 0) is 9.53 Å². The van der Waals surface area contributed by atoms with Crippen molar-refractivity contribution < 1.29 is 14.3 Å². The van der Waals surface area contributed by atoms with Crippen molar-refractivity contribution in [2.45, 2.75) is 19.8 Å². The molecule has 1 spiro atoms. The quantitative estimate of drug-likeness (QED) is 0.889. The maximum Gasteiger partial charge on any atom is 0.253 e. The second-order valence-corrected chi connectivity index (χ2v) is 7.93. The van der Waals surface area contributed by atoms with Gasteiger partial charge in [0, 0.05) is 43.0 Å². The number of para-hydroxylation sites is 1. The topological polar surface area (TPSA) is 58.6 Å². The molecule has 2 amide bonds. The molecule has 2 heterocycles. The van der Waals surface area contributed by atoms with E-state index in [0.29, 0.717) is 31.9 Å². The van der Waals surface area contributed by atoms with E-state index < -0.39 is 0 Å². The zero-order valence-corrected chi connectivity index (χ0v) is 16.2. The minimum atomic E-state index is -0.231. The summed E-state index contributed by atoms with van der Waals surface area (Å²) in [6.07, 6.45) is 1.61. The van der Waals surface area contributed by atoms with Crippen LogP contribution in [0.4, 0.5) is 5.69 Å². The number of amides is 2.